The molecule has 112 valence electrons. The minimum absolute atomic E-state index is 0.0601. The van der Waals surface area contributed by atoms with Crippen molar-refractivity contribution >= 4 is 27.5 Å². The standard InChI is InChI=1S/C15H24BrN3O/c1-4-19(5-2)8-6-7-18-15(20)13-9-12(16)10-14(17)11(13)3/h9-10H,4-8,17H2,1-3H3,(H,18,20). The molecule has 5 heteroatoms. The highest BCUT2D eigenvalue weighted by molar-refractivity contribution is 9.10. The van der Waals surface area contributed by atoms with Crippen LogP contribution in [0.5, 0.6) is 0 Å². The number of hydrogen-bond donors (Lipinski definition) is 2. The van der Waals surface area contributed by atoms with E-state index in [9.17, 15) is 4.79 Å². The predicted molar refractivity (Wildman–Crippen MR) is 88.0 cm³/mol. The fourth-order valence-electron chi connectivity index (χ4n) is 2.08. The van der Waals surface area contributed by atoms with Crippen molar-refractivity contribution in [2.75, 3.05) is 31.9 Å². The number of benzene rings is 1. The van der Waals surface area contributed by atoms with Gasteiger partial charge >= 0.3 is 0 Å². The number of nitrogens with one attached hydrogen (secondary N) is 1. The molecule has 0 aliphatic rings. The van der Waals surface area contributed by atoms with E-state index >= 15 is 0 Å². The predicted octanol–water partition coefficient (Wildman–Crippen LogP) is 2.80. The van der Waals surface area contributed by atoms with Crippen LogP contribution in [-0.2, 0) is 0 Å². The Labute approximate surface area is 129 Å². The minimum atomic E-state index is -0.0601. The van der Waals surface area contributed by atoms with Gasteiger partial charge in [0.25, 0.3) is 5.91 Å². The number of rotatable bonds is 7. The summed E-state index contributed by atoms with van der Waals surface area (Å²) in [7, 11) is 0. The smallest absolute Gasteiger partial charge is 0.251 e. The average molecular weight is 342 g/mol. The second-order valence-electron chi connectivity index (χ2n) is 4.80. The van der Waals surface area contributed by atoms with Crippen LogP contribution in [0.4, 0.5) is 5.69 Å². The number of amides is 1. The van der Waals surface area contributed by atoms with E-state index in [1.807, 2.05) is 19.1 Å². The molecule has 0 saturated heterocycles. The normalized spacial score (nSPS) is 10.8. The number of carbonyl (C=O) groups excluding carboxylic acids is 1. The lowest BCUT2D eigenvalue weighted by molar-refractivity contribution is 0.0951. The Bertz CT molecular complexity index is 459. The molecule has 0 aromatic heterocycles. The third kappa shape index (κ3) is 4.80. The second-order valence-corrected chi connectivity index (χ2v) is 5.72. The third-order valence-corrected chi connectivity index (χ3v) is 3.95. The van der Waals surface area contributed by atoms with Gasteiger partial charge in [-0.05, 0) is 50.7 Å². The Morgan fingerprint density at radius 2 is 2.00 bits per heavy atom. The fourth-order valence-corrected chi connectivity index (χ4v) is 2.55. The Hall–Kier alpha value is -1.07. The van der Waals surface area contributed by atoms with Crippen LogP contribution in [0.25, 0.3) is 0 Å². The van der Waals surface area contributed by atoms with Gasteiger partial charge in [0.2, 0.25) is 0 Å². The van der Waals surface area contributed by atoms with Gasteiger partial charge in [0.05, 0.1) is 0 Å². The van der Waals surface area contributed by atoms with E-state index in [0.717, 1.165) is 36.1 Å². The molecule has 0 atom stereocenters. The summed E-state index contributed by atoms with van der Waals surface area (Å²) < 4.78 is 0.828. The van der Waals surface area contributed by atoms with Gasteiger partial charge in [-0.25, -0.2) is 0 Å². The molecule has 1 aromatic carbocycles. The Morgan fingerprint density at radius 3 is 2.60 bits per heavy atom. The second kappa shape index (κ2) is 8.27. The van der Waals surface area contributed by atoms with Crippen molar-refractivity contribution in [1.82, 2.24) is 10.2 Å². The number of anilines is 1. The number of nitrogens with two attached hydrogens (primary N) is 1. The van der Waals surface area contributed by atoms with Crippen molar-refractivity contribution in [2.24, 2.45) is 0 Å². The maximum atomic E-state index is 12.2. The average Bonchev–Trinajstić information content (AvgIpc) is 2.42. The molecule has 4 nitrogen and oxygen atoms in total. The SMILES string of the molecule is CCN(CC)CCCNC(=O)c1cc(Br)cc(N)c1C. The summed E-state index contributed by atoms with van der Waals surface area (Å²) in [6.45, 7) is 9.95. The highest BCUT2D eigenvalue weighted by atomic mass is 79.9. The Kier molecular flexibility index (Phi) is 7.02. The van der Waals surface area contributed by atoms with E-state index < -0.39 is 0 Å². The first kappa shape index (κ1) is 17.0. The molecule has 0 radical (unpaired) electrons. The molecule has 20 heavy (non-hydrogen) atoms. The van der Waals surface area contributed by atoms with Crippen molar-refractivity contribution < 1.29 is 4.79 Å². The molecule has 3 N–H and O–H groups in total. The molecular weight excluding hydrogens is 318 g/mol. The summed E-state index contributed by atoms with van der Waals surface area (Å²) in [5, 5.41) is 2.96. The first-order chi connectivity index (χ1) is 9.49. The molecule has 0 heterocycles. The monoisotopic (exact) mass is 341 g/mol. The van der Waals surface area contributed by atoms with Crippen LogP contribution in [0.1, 0.15) is 36.2 Å². The van der Waals surface area contributed by atoms with Crippen LogP contribution in [0.3, 0.4) is 0 Å². The third-order valence-electron chi connectivity index (χ3n) is 3.49. The van der Waals surface area contributed by atoms with Gasteiger partial charge in [-0.1, -0.05) is 29.8 Å². The molecule has 0 unspecified atom stereocenters. The molecule has 0 saturated carbocycles. The van der Waals surface area contributed by atoms with Crippen molar-refractivity contribution in [1.29, 1.82) is 0 Å². The fraction of sp³-hybridized carbons (Fsp3) is 0.533. The molecule has 0 spiro atoms. The van der Waals surface area contributed by atoms with Crippen molar-refractivity contribution in [3.8, 4) is 0 Å². The minimum Gasteiger partial charge on any atom is -0.398 e. The molecule has 0 bridgehead atoms. The van der Waals surface area contributed by atoms with Crippen molar-refractivity contribution in [2.45, 2.75) is 27.2 Å². The summed E-state index contributed by atoms with van der Waals surface area (Å²) in [4.78, 5) is 14.5. The number of hydrogen-bond acceptors (Lipinski definition) is 3. The maximum Gasteiger partial charge on any atom is 0.251 e. The van der Waals surface area contributed by atoms with Gasteiger partial charge < -0.3 is 16.0 Å². The van der Waals surface area contributed by atoms with Crippen LogP contribution < -0.4 is 11.1 Å². The largest absolute Gasteiger partial charge is 0.398 e. The molecule has 0 aliphatic heterocycles. The Balaban J connectivity index is 2.52. The van der Waals surface area contributed by atoms with Gasteiger partial charge in [0.1, 0.15) is 0 Å². The Morgan fingerprint density at radius 1 is 1.35 bits per heavy atom. The lowest BCUT2D eigenvalue weighted by Crippen LogP contribution is -2.30. The van der Waals surface area contributed by atoms with Gasteiger partial charge in [0, 0.05) is 22.3 Å². The summed E-state index contributed by atoms with van der Waals surface area (Å²) >= 11 is 3.37. The summed E-state index contributed by atoms with van der Waals surface area (Å²) in [5.41, 5.74) is 7.97. The van der Waals surface area contributed by atoms with E-state index in [4.69, 9.17) is 5.73 Å². The van der Waals surface area contributed by atoms with Crippen LogP contribution in [0.15, 0.2) is 16.6 Å². The summed E-state index contributed by atoms with van der Waals surface area (Å²) in [5.74, 6) is -0.0601. The van der Waals surface area contributed by atoms with Crippen LogP contribution in [-0.4, -0.2) is 37.0 Å². The van der Waals surface area contributed by atoms with E-state index in [-0.39, 0.29) is 5.91 Å². The van der Waals surface area contributed by atoms with E-state index in [1.165, 1.54) is 0 Å². The number of nitrogens with zero attached hydrogens (tertiary/aromatic N) is 1. The van der Waals surface area contributed by atoms with Gasteiger partial charge in [0.15, 0.2) is 0 Å². The zero-order valence-corrected chi connectivity index (χ0v) is 14.1. The number of nitrogen functional groups attached to an aromatic ring is 1. The molecular formula is C15H24BrN3O. The summed E-state index contributed by atoms with van der Waals surface area (Å²) in [6, 6.07) is 3.62. The molecule has 1 amide bonds. The quantitative estimate of drug-likeness (QED) is 0.592. The molecule has 0 aliphatic carbocycles. The van der Waals surface area contributed by atoms with Crippen molar-refractivity contribution in [3.63, 3.8) is 0 Å². The highest BCUT2D eigenvalue weighted by Crippen LogP contribution is 2.22. The van der Waals surface area contributed by atoms with Gasteiger partial charge in [-0.3, -0.25) is 4.79 Å². The zero-order valence-electron chi connectivity index (χ0n) is 12.5. The van der Waals surface area contributed by atoms with E-state index in [1.54, 1.807) is 0 Å². The number of halogens is 1. The zero-order chi connectivity index (χ0) is 15.1. The lowest BCUT2D eigenvalue weighted by atomic mass is 10.1. The lowest BCUT2D eigenvalue weighted by Gasteiger charge is -2.18. The first-order valence-electron chi connectivity index (χ1n) is 7.05. The van der Waals surface area contributed by atoms with Crippen molar-refractivity contribution in [3.05, 3.63) is 27.7 Å². The van der Waals surface area contributed by atoms with Gasteiger partial charge in [-0.15, -0.1) is 0 Å². The van der Waals surface area contributed by atoms with Crippen LogP contribution in [0.2, 0.25) is 0 Å². The first-order valence-corrected chi connectivity index (χ1v) is 7.85. The maximum absolute atomic E-state index is 12.2. The molecule has 1 rings (SSSR count). The molecule has 1 aromatic rings. The molecule has 0 fully saturated rings. The van der Waals surface area contributed by atoms with E-state index in [0.29, 0.717) is 17.8 Å². The van der Waals surface area contributed by atoms with E-state index in [2.05, 4.69) is 40.0 Å². The highest BCUT2D eigenvalue weighted by Gasteiger charge is 2.11. The number of carbonyl (C=O) groups is 1. The van der Waals surface area contributed by atoms with Crippen LogP contribution in [0, 0.1) is 6.92 Å². The topological polar surface area (TPSA) is 58.4 Å². The summed E-state index contributed by atoms with van der Waals surface area (Å²) in [6.07, 6.45) is 0.954. The van der Waals surface area contributed by atoms with Crippen LogP contribution >= 0.6 is 15.9 Å². The van der Waals surface area contributed by atoms with Gasteiger partial charge in [-0.2, -0.15) is 0 Å².